The van der Waals surface area contributed by atoms with E-state index in [0.29, 0.717) is 0 Å². The molecule has 2 aliphatic rings. The molecule has 0 amide bonds. The van der Waals surface area contributed by atoms with Gasteiger partial charge in [0.15, 0.2) is 0 Å². The highest BCUT2D eigenvalue weighted by Gasteiger charge is 2.34. The number of allylic oxidation sites excluding steroid dienone is 4. The maximum absolute atomic E-state index is 6.52. The molecule has 6 heteroatoms. The van der Waals surface area contributed by atoms with Gasteiger partial charge in [-0.05, 0) is 101 Å². The van der Waals surface area contributed by atoms with Crippen LogP contribution in [0.1, 0.15) is 39.9 Å². The Kier molecular flexibility index (Phi) is 8.39. The Balaban J connectivity index is 0.941. The molecule has 5 nitrogen and oxygen atoms in total. The van der Waals surface area contributed by atoms with Crippen LogP contribution in [-0.4, -0.2) is 22.0 Å². The van der Waals surface area contributed by atoms with E-state index in [0.717, 1.165) is 62.3 Å². The van der Waals surface area contributed by atoms with Gasteiger partial charge < -0.3 is 9.32 Å². The smallest absolute Gasteiger partial charge is 0.143 e. The van der Waals surface area contributed by atoms with Crippen molar-refractivity contribution in [3.63, 3.8) is 0 Å². The summed E-state index contributed by atoms with van der Waals surface area (Å²) in [6, 6.07) is 56.2. The van der Waals surface area contributed by atoms with E-state index in [9.17, 15) is 0 Å². The van der Waals surface area contributed by atoms with Crippen LogP contribution in [0.3, 0.4) is 0 Å². The molecule has 5 aromatic carbocycles. The number of hydrogen-bond acceptors (Lipinski definition) is 6. The molecule has 10 aromatic rings. The van der Waals surface area contributed by atoms with Crippen LogP contribution in [0.4, 0.5) is 5.69 Å². The van der Waals surface area contributed by atoms with Gasteiger partial charge in [-0.15, -0.1) is 11.3 Å². The van der Waals surface area contributed by atoms with E-state index < -0.39 is 0 Å². The summed E-state index contributed by atoms with van der Waals surface area (Å²) in [5.41, 5.74) is 16.2. The third-order valence-corrected chi connectivity index (χ3v) is 13.6. The van der Waals surface area contributed by atoms with Gasteiger partial charge in [0.25, 0.3) is 0 Å². The Morgan fingerprint density at radius 3 is 2.15 bits per heavy atom. The number of para-hydroxylation sites is 2. The first kappa shape index (κ1) is 35.5. The molecule has 6 heterocycles. The van der Waals surface area contributed by atoms with E-state index in [1.54, 1.807) is 0 Å². The third kappa shape index (κ3) is 6.01. The zero-order valence-corrected chi connectivity index (χ0v) is 34.2. The van der Waals surface area contributed by atoms with Crippen molar-refractivity contribution in [3.8, 4) is 45.0 Å². The number of nitrogens with zero attached hydrogens (tertiary/aromatic N) is 4. The highest BCUT2D eigenvalue weighted by molar-refractivity contribution is 7.19. The highest BCUT2D eigenvalue weighted by Crippen LogP contribution is 2.54. The lowest BCUT2D eigenvalue weighted by Crippen LogP contribution is -2.28. The van der Waals surface area contributed by atoms with Crippen molar-refractivity contribution in [2.75, 3.05) is 11.9 Å². The van der Waals surface area contributed by atoms with Gasteiger partial charge in [0.1, 0.15) is 11.2 Å². The second-order valence-electron chi connectivity index (χ2n) is 16.0. The van der Waals surface area contributed by atoms with Crippen molar-refractivity contribution in [2.24, 2.45) is 0 Å². The molecule has 5 aromatic heterocycles. The van der Waals surface area contributed by atoms with Gasteiger partial charge in [0, 0.05) is 73.5 Å². The van der Waals surface area contributed by atoms with Crippen molar-refractivity contribution >= 4 is 54.6 Å². The lowest BCUT2D eigenvalue weighted by atomic mass is 9.85. The zero-order valence-electron chi connectivity index (χ0n) is 33.4. The van der Waals surface area contributed by atoms with E-state index in [4.69, 9.17) is 9.40 Å². The van der Waals surface area contributed by atoms with Crippen LogP contribution >= 0.6 is 11.3 Å². The van der Waals surface area contributed by atoms with Crippen LogP contribution in [-0.2, 0) is 0 Å². The van der Waals surface area contributed by atoms with Gasteiger partial charge in [0.2, 0.25) is 0 Å². The molecular formula is C55H38N4OS. The monoisotopic (exact) mass is 802 g/mol. The van der Waals surface area contributed by atoms with E-state index in [2.05, 4.69) is 155 Å². The Bertz CT molecular complexity index is 3320. The first-order valence-electron chi connectivity index (χ1n) is 20.8. The summed E-state index contributed by atoms with van der Waals surface area (Å²) in [7, 11) is 2.25. The minimum absolute atomic E-state index is 0.0375. The largest absolute Gasteiger partial charge is 0.455 e. The molecule has 2 atom stereocenters. The van der Waals surface area contributed by atoms with E-state index in [1.165, 1.54) is 54.0 Å². The zero-order chi connectivity index (χ0) is 40.4. The molecule has 0 N–H and O–H groups in total. The summed E-state index contributed by atoms with van der Waals surface area (Å²) in [4.78, 5) is 18.2. The van der Waals surface area contributed by atoms with Crippen LogP contribution in [0.2, 0.25) is 0 Å². The average molecular weight is 803 g/mol. The van der Waals surface area contributed by atoms with Gasteiger partial charge >= 0.3 is 0 Å². The summed E-state index contributed by atoms with van der Waals surface area (Å²) >= 11 is 1.91. The number of thiophene rings is 1. The van der Waals surface area contributed by atoms with Crippen LogP contribution in [0, 0.1) is 0 Å². The summed E-state index contributed by atoms with van der Waals surface area (Å²) < 4.78 is 7.82. The average Bonchev–Trinajstić information content (AvgIpc) is 3.91. The van der Waals surface area contributed by atoms with Crippen LogP contribution in [0.15, 0.2) is 193 Å². The number of rotatable bonds is 6. The van der Waals surface area contributed by atoms with E-state index in [1.807, 2.05) is 66.2 Å². The summed E-state index contributed by atoms with van der Waals surface area (Å²) in [6.45, 7) is 0. The van der Waals surface area contributed by atoms with Crippen LogP contribution in [0.5, 0.6) is 0 Å². The van der Waals surface area contributed by atoms with Crippen LogP contribution in [0.25, 0.3) is 82.6 Å². The van der Waals surface area contributed by atoms with Gasteiger partial charge in [0.05, 0.1) is 28.8 Å². The molecule has 2 unspecified atom stereocenters. The van der Waals surface area contributed by atoms with Gasteiger partial charge in [-0.1, -0.05) is 109 Å². The quantitative estimate of drug-likeness (QED) is 0.168. The Hall–Kier alpha value is -7.41. The van der Waals surface area contributed by atoms with Crippen LogP contribution < -0.4 is 4.90 Å². The molecule has 0 saturated heterocycles. The van der Waals surface area contributed by atoms with Gasteiger partial charge in [-0.3, -0.25) is 9.97 Å². The highest BCUT2D eigenvalue weighted by atomic mass is 32.1. The molecule has 0 fully saturated rings. The van der Waals surface area contributed by atoms with Gasteiger partial charge in [-0.2, -0.15) is 0 Å². The summed E-state index contributed by atoms with van der Waals surface area (Å²) in [6.07, 6.45) is 11.6. The molecule has 290 valence electrons. The fourth-order valence-corrected chi connectivity index (χ4v) is 10.9. The molecule has 0 bridgehead atoms. The Morgan fingerprint density at radius 1 is 0.607 bits per heavy atom. The number of aromatic nitrogens is 3. The second-order valence-corrected chi connectivity index (χ2v) is 17.0. The number of anilines is 1. The van der Waals surface area contributed by atoms with Crippen molar-refractivity contribution < 1.29 is 4.42 Å². The first-order valence-corrected chi connectivity index (χ1v) is 21.6. The van der Waals surface area contributed by atoms with Gasteiger partial charge in [-0.25, -0.2) is 4.98 Å². The molecule has 0 spiro atoms. The normalized spacial score (nSPS) is 15.9. The number of pyridine rings is 3. The standard InChI is InChI=1S/C55H38N4OS/c1-59-49-26-25-37(40-19-12-20-42-41-17-2-4-23-50(41)60-54(40)42)31-44(49)52-43-18-3-5-24-51(43)61-55(52)53(59)38-16-11-14-35(30-38)34-13-10-15-36(29-34)39-32-47(45-21-6-8-27-56-45)58-48(33-39)46-22-7-9-28-57-46/h2-14,16-33,36,53H,15H2,1H3. The molecular weight excluding hydrogens is 765 g/mol. The predicted octanol–water partition coefficient (Wildman–Crippen LogP) is 14.3. The van der Waals surface area contributed by atoms with Crippen molar-refractivity contribution in [1.29, 1.82) is 0 Å². The lowest BCUT2D eigenvalue weighted by molar-refractivity contribution is 0.670. The fraction of sp³-hybridized carbons (Fsp3) is 0.0727. The number of hydrogen-bond donors (Lipinski definition) is 0. The first-order chi connectivity index (χ1) is 30.1. The minimum atomic E-state index is 0.0375. The van der Waals surface area contributed by atoms with Crippen molar-refractivity contribution in [3.05, 3.63) is 210 Å². The second kappa shape index (κ2) is 14.4. The topological polar surface area (TPSA) is 55.1 Å². The fourth-order valence-electron chi connectivity index (χ4n) is 9.46. The summed E-state index contributed by atoms with van der Waals surface area (Å²) in [5.74, 6) is 0.162. The number of benzene rings is 5. The molecule has 0 saturated carbocycles. The summed E-state index contributed by atoms with van der Waals surface area (Å²) in [5, 5.41) is 3.58. The SMILES string of the molecule is CN1c2ccc(-c3cccc4c3oc3ccccc34)cc2-c2c(sc3ccccc23)C1c1cccc(C2=CC(c3cc(-c4ccccn4)nc(-c4ccccn4)c3)CC=C2)c1. The Morgan fingerprint density at radius 2 is 1.34 bits per heavy atom. The molecule has 12 rings (SSSR count). The predicted molar refractivity (Wildman–Crippen MR) is 252 cm³/mol. The maximum atomic E-state index is 6.52. The minimum Gasteiger partial charge on any atom is -0.455 e. The number of fused-ring (bicyclic) bond motifs is 8. The van der Waals surface area contributed by atoms with E-state index in [-0.39, 0.29) is 12.0 Å². The molecule has 0 radical (unpaired) electrons. The van der Waals surface area contributed by atoms with Crippen molar-refractivity contribution in [2.45, 2.75) is 18.4 Å². The van der Waals surface area contributed by atoms with E-state index >= 15 is 0 Å². The molecule has 1 aliphatic heterocycles. The maximum Gasteiger partial charge on any atom is 0.143 e. The lowest BCUT2D eigenvalue weighted by Gasteiger charge is -2.37. The number of furan rings is 1. The third-order valence-electron chi connectivity index (χ3n) is 12.4. The Labute approximate surface area is 357 Å². The van der Waals surface area contributed by atoms with Crippen molar-refractivity contribution in [1.82, 2.24) is 15.0 Å². The molecule has 61 heavy (non-hydrogen) atoms. The molecule has 1 aliphatic carbocycles.